The molecule has 3 N–H and O–H groups in total. The molecule has 0 saturated heterocycles. The van der Waals surface area contributed by atoms with Crippen molar-refractivity contribution in [3.8, 4) is 0 Å². The number of anilines is 1. The van der Waals surface area contributed by atoms with Gasteiger partial charge in [-0.15, -0.1) is 0 Å². The van der Waals surface area contributed by atoms with E-state index < -0.39 is 15.8 Å². The summed E-state index contributed by atoms with van der Waals surface area (Å²) in [5.74, 6) is -0.0205. The summed E-state index contributed by atoms with van der Waals surface area (Å²) in [6.45, 7) is 0.159. The predicted octanol–water partition coefficient (Wildman–Crippen LogP) is 1.52. The number of sulfonamides is 1. The van der Waals surface area contributed by atoms with Crippen LogP contribution < -0.4 is 10.5 Å². The van der Waals surface area contributed by atoms with Gasteiger partial charge in [0.2, 0.25) is 10.0 Å². The summed E-state index contributed by atoms with van der Waals surface area (Å²) in [7, 11) is -3.77. The van der Waals surface area contributed by atoms with E-state index in [-0.39, 0.29) is 17.1 Å². The molecule has 2 aromatic rings. The maximum atomic E-state index is 13.1. The number of furan rings is 1. The molecule has 1 aromatic heterocycles. The number of nitrogen functional groups attached to an aromatic ring is 1. The van der Waals surface area contributed by atoms with Gasteiger partial charge in [-0.3, -0.25) is 0 Å². The Kier molecular flexibility index (Phi) is 3.87. The van der Waals surface area contributed by atoms with Crippen LogP contribution in [-0.4, -0.2) is 15.0 Å². The van der Waals surface area contributed by atoms with E-state index in [4.69, 9.17) is 10.2 Å². The highest BCUT2D eigenvalue weighted by atomic mass is 32.2. The highest BCUT2D eigenvalue weighted by molar-refractivity contribution is 7.89. The standard InChI is InChI=1S/C12H13FN2O3S/c13-9-6-10(14)8-12(7-9)19(16,17)15-4-3-11-2-1-5-18-11/h1-2,5-8,15H,3-4,14H2. The van der Waals surface area contributed by atoms with Crippen molar-refractivity contribution in [2.45, 2.75) is 11.3 Å². The van der Waals surface area contributed by atoms with Gasteiger partial charge in [0.1, 0.15) is 11.6 Å². The summed E-state index contributed by atoms with van der Waals surface area (Å²) in [4.78, 5) is -0.190. The average molecular weight is 284 g/mol. The van der Waals surface area contributed by atoms with E-state index in [1.807, 2.05) is 0 Å². The molecule has 0 fully saturated rings. The first kappa shape index (κ1) is 13.6. The Balaban J connectivity index is 2.05. The van der Waals surface area contributed by atoms with Crippen LogP contribution in [0.3, 0.4) is 0 Å². The Morgan fingerprint density at radius 2 is 2.11 bits per heavy atom. The van der Waals surface area contributed by atoms with Crippen molar-refractivity contribution >= 4 is 15.7 Å². The molecule has 5 nitrogen and oxygen atoms in total. The minimum absolute atomic E-state index is 0.0615. The molecule has 102 valence electrons. The van der Waals surface area contributed by atoms with Crippen LogP contribution in [-0.2, 0) is 16.4 Å². The maximum Gasteiger partial charge on any atom is 0.240 e. The van der Waals surface area contributed by atoms with Crippen molar-refractivity contribution in [2.24, 2.45) is 0 Å². The minimum Gasteiger partial charge on any atom is -0.469 e. The molecule has 0 saturated carbocycles. The van der Waals surface area contributed by atoms with E-state index in [0.29, 0.717) is 12.2 Å². The van der Waals surface area contributed by atoms with E-state index >= 15 is 0 Å². The second kappa shape index (κ2) is 5.41. The third-order valence-corrected chi connectivity index (χ3v) is 3.89. The van der Waals surface area contributed by atoms with Crippen molar-refractivity contribution in [2.75, 3.05) is 12.3 Å². The third kappa shape index (κ3) is 3.55. The van der Waals surface area contributed by atoms with E-state index in [9.17, 15) is 12.8 Å². The lowest BCUT2D eigenvalue weighted by Crippen LogP contribution is -2.26. The van der Waals surface area contributed by atoms with Gasteiger partial charge in [0.15, 0.2) is 0 Å². The molecule has 0 unspecified atom stereocenters. The van der Waals surface area contributed by atoms with Gasteiger partial charge in [-0.2, -0.15) is 0 Å². The number of hydrogen-bond acceptors (Lipinski definition) is 4. The predicted molar refractivity (Wildman–Crippen MR) is 68.4 cm³/mol. The highest BCUT2D eigenvalue weighted by Gasteiger charge is 2.15. The quantitative estimate of drug-likeness (QED) is 0.815. The molecule has 1 heterocycles. The van der Waals surface area contributed by atoms with Crippen molar-refractivity contribution < 1.29 is 17.2 Å². The molecule has 0 aliphatic carbocycles. The highest BCUT2D eigenvalue weighted by Crippen LogP contribution is 2.15. The van der Waals surface area contributed by atoms with Gasteiger partial charge in [-0.25, -0.2) is 17.5 Å². The van der Waals surface area contributed by atoms with Crippen molar-refractivity contribution in [1.29, 1.82) is 0 Å². The van der Waals surface area contributed by atoms with Crippen LogP contribution >= 0.6 is 0 Å². The monoisotopic (exact) mass is 284 g/mol. The second-order valence-corrected chi connectivity index (χ2v) is 5.71. The number of benzene rings is 1. The van der Waals surface area contributed by atoms with Crippen LogP contribution in [0, 0.1) is 5.82 Å². The van der Waals surface area contributed by atoms with Gasteiger partial charge in [-0.05, 0) is 30.3 Å². The Morgan fingerprint density at radius 3 is 2.74 bits per heavy atom. The normalized spacial score (nSPS) is 11.6. The van der Waals surface area contributed by atoms with Crippen molar-refractivity contribution in [1.82, 2.24) is 4.72 Å². The Bertz CT molecular complexity index is 633. The Hall–Kier alpha value is -1.86. The van der Waals surface area contributed by atoms with Gasteiger partial charge in [0, 0.05) is 18.7 Å². The van der Waals surface area contributed by atoms with E-state index in [0.717, 1.165) is 12.1 Å². The third-order valence-electron chi connectivity index (χ3n) is 2.45. The van der Waals surface area contributed by atoms with Gasteiger partial charge in [0.25, 0.3) is 0 Å². The molecule has 7 heteroatoms. The average Bonchev–Trinajstić information content (AvgIpc) is 2.80. The van der Waals surface area contributed by atoms with Crippen LogP contribution in [0.2, 0.25) is 0 Å². The molecule has 2 rings (SSSR count). The Morgan fingerprint density at radius 1 is 1.32 bits per heavy atom. The second-order valence-electron chi connectivity index (χ2n) is 3.95. The van der Waals surface area contributed by atoms with Crippen LogP contribution in [0.4, 0.5) is 10.1 Å². The zero-order valence-electron chi connectivity index (χ0n) is 9.97. The summed E-state index contributed by atoms with van der Waals surface area (Å²) in [5, 5.41) is 0. The number of rotatable bonds is 5. The molecule has 0 atom stereocenters. The first-order valence-corrected chi connectivity index (χ1v) is 7.04. The number of hydrogen-bond donors (Lipinski definition) is 2. The molecular formula is C12H13FN2O3S. The fourth-order valence-electron chi connectivity index (χ4n) is 1.59. The minimum atomic E-state index is -3.77. The number of nitrogens with one attached hydrogen (secondary N) is 1. The van der Waals surface area contributed by atoms with Crippen LogP contribution in [0.25, 0.3) is 0 Å². The lowest BCUT2D eigenvalue weighted by atomic mass is 10.3. The number of halogens is 1. The topological polar surface area (TPSA) is 85.3 Å². The lowest BCUT2D eigenvalue weighted by Gasteiger charge is -2.07. The fourth-order valence-corrected chi connectivity index (χ4v) is 2.68. The Labute approximate surface area is 110 Å². The summed E-state index contributed by atoms with van der Waals surface area (Å²) in [6.07, 6.45) is 1.92. The van der Waals surface area contributed by atoms with E-state index in [1.54, 1.807) is 12.1 Å². The zero-order valence-corrected chi connectivity index (χ0v) is 10.8. The molecule has 0 radical (unpaired) electrons. The summed E-state index contributed by atoms with van der Waals surface area (Å²) in [6, 6.07) is 6.65. The first-order valence-electron chi connectivity index (χ1n) is 5.55. The molecule has 1 aromatic carbocycles. The van der Waals surface area contributed by atoms with Gasteiger partial charge in [-0.1, -0.05) is 0 Å². The van der Waals surface area contributed by atoms with E-state index in [2.05, 4.69) is 4.72 Å². The van der Waals surface area contributed by atoms with Crippen molar-refractivity contribution in [3.05, 3.63) is 48.2 Å². The molecule has 0 aliphatic rings. The van der Waals surface area contributed by atoms with Crippen LogP contribution in [0.15, 0.2) is 45.9 Å². The lowest BCUT2D eigenvalue weighted by molar-refractivity contribution is 0.505. The molecule has 0 spiro atoms. The van der Waals surface area contributed by atoms with Crippen molar-refractivity contribution in [3.63, 3.8) is 0 Å². The largest absolute Gasteiger partial charge is 0.469 e. The summed E-state index contributed by atoms with van der Waals surface area (Å²) in [5.41, 5.74) is 5.48. The maximum absolute atomic E-state index is 13.1. The molecule has 0 aliphatic heterocycles. The van der Waals surface area contributed by atoms with Gasteiger partial charge in [0.05, 0.1) is 11.2 Å². The molecule has 0 bridgehead atoms. The number of nitrogens with two attached hydrogens (primary N) is 1. The van der Waals surface area contributed by atoms with Gasteiger partial charge < -0.3 is 10.2 Å². The molecule has 19 heavy (non-hydrogen) atoms. The first-order chi connectivity index (χ1) is 8.97. The summed E-state index contributed by atoms with van der Waals surface area (Å²) >= 11 is 0. The van der Waals surface area contributed by atoms with E-state index in [1.165, 1.54) is 12.3 Å². The zero-order chi connectivity index (χ0) is 13.9. The summed E-state index contributed by atoms with van der Waals surface area (Å²) < 4.78 is 44.4. The molecule has 0 amide bonds. The smallest absolute Gasteiger partial charge is 0.240 e. The fraction of sp³-hybridized carbons (Fsp3) is 0.167. The SMILES string of the molecule is Nc1cc(F)cc(S(=O)(=O)NCCc2ccco2)c1. The van der Waals surface area contributed by atoms with Gasteiger partial charge >= 0.3 is 0 Å². The molecular weight excluding hydrogens is 271 g/mol. The van der Waals surface area contributed by atoms with Crippen LogP contribution in [0.1, 0.15) is 5.76 Å². The van der Waals surface area contributed by atoms with Crippen LogP contribution in [0.5, 0.6) is 0 Å².